The molecule has 0 radical (unpaired) electrons. The Balaban J connectivity index is 2.35. The highest BCUT2D eigenvalue weighted by atomic mass is 16.5. The molecule has 1 aromatic heterocycles. The lowest BCUT2D eigenvalue weighted by Crippen LogP contribution is -2.16. The maximum atomic E-state index is 11.9. The summed E-state index contributed by atoms with van der Waals surface area (Å²) in [6.45, 7) is 0.311. The van der Waals surface area contributed by atoms with Crippen LogP contribution in [0.5, 0.6) is 5.75 Å². The van der Waals surface area contributed by atoms with E-state index in [0.29, 0.717) is 6.54 Å². The van der Waals surface area contributed by atoms with Crippen molar-refractivity contribution in [3.8, 4) is 5.75 Å². The van der Waals surface area contributed by atoms with E-state index in [4.69, 9.17) is 9.47 Å². The lowest BCUT2D eigenvalue weighted by molar-refractivity contribution is 0.0547. The molecule has 0 aliphatic carbocycles. The molecule has 0 amide bonds. The Morgan fingerprint density at radius 1 is 1.05 bits per heavy atom. The van der Waals surface area contributed by atoms with Gasteiger partial charge in [-0.3, -0.25) is 4.68 Å². The van der Waals surface area contributed by atoms with E-state index in [1.807, 2.05) is 12.1 Å². The van der Waals surface area contributed by atoms with Gasteiger partial charge in [-0.1, -0.05) is 12.1 Å². The first-order chi connectivity index (χ1) is 10.6. The summed E-state index contributed by atoms with van der Waals surface area (Å²) in [6, 6.07) is 7.30. The zero-order valence-corrected chi connectivity index (χ0v) is 12.5. The van der Waals surface area contributed by atoms with Crippen LogP contribution in [0.3, 0.4) is 0 Å². The van der Waals surface area contributed by atoms with Crippen LogP contribution in [-0.4, -0.2) is 43.0 Å². The molecule has 0 aliphatic heterocycles. The van der Waals surface area contributed by atoms with Crippen molar-refractivity contribution in [2.75, 3.05) is 21.3 Å². The van der Waals surface area contributed by atoms with E-state index < -0.39 is 11.9 Å². The molecule has 116 valence electrons. The minimum Gasteiger partial charge on any atom is -0.497 e. The summed E-state index contributed by atoms with van der Waals surface area (Å²) in [5, 5.41) is 4.08. The number of carbonyl (C=O) groups excluding carboxylic acids is 2. The average molecular weight is 304 g/mol. The first-order valence-electron chi connectivity index (χ1n) is 6.46. The fraction of sp³-hybridized carbons (Fsp3) is 0.267. The van der Waals surface area contributed by atoms with Crippen LogP contribution in [0.4, 0.5) is 0 Å². The highest BCUT2D eigenvalue weighted by molar-refractivity contribution is 6.01. The summed E-state index contributed by atoms with van der Waals surface area (Å²) in [6.07, 6.45) is 1.29. The maximum Gasteiger partial charge on any atom is 0.357 e. The van der Waals surface area contributed by atoms with Gasteiger partial charge in [-0.05, 0) is 17.7 Å². The van der Waals surface area contributed by atoms with E-state index >= 15 is 0 Å². The first-order valence-corrected chi connectivity index (χ1v) is 6.46. The van der Waals surface area contributed by atoms with Crippen LogP contribution in [0, 0.1) is 0 Å². The fourth-order valence-corrected chi connectivity index (χ4v) is 1.98. The van der Waals surface area contributed by atoms with Crippen LogP contribution in [0.25, 0.3) is 0 Å². The Morgan fingerprint density at radius 2 is 1.68 bits per heavy atom. The number of aromatic nitrogens is 2. The molecule has 0 unspecified atom stereocenters. The summed E-state index contributed by atoms with van der Waals surface area (Å²) < 4.78 is 15.9. The van der Waals surface area contributed by atoms with Gasteiger partial charge in [0.15, 0.2) is 5.69 Å². The molecular weight excluding hydrogens is 288 g/mol. The third-order valence-electron chi connectivity index (χ3n) is 3.11. The molecule has 0 saturated heterocycles. The van der Waals surface area contributed by atoms with Crippen molar-refractivity contribution in [2.24, 2.45) is 0 Å². The van der Waals surface area contributed by atoms with Crippen LogP contribution in [0.2, 0.25) is 0 Å². The number of rotatable bonds is 5. The molecule has 2 aromatic rings. The highest BCUT2D eigenvalue weighted by Crippen LogP contribution is 2.16. The molecule has 0 bridgehead atoms. The van der Waals surface area contributed by atoms with E-state index in [9.17, 15) is 9.59 Å². The number of nitrogens with zero attached hydrogens (tertiary/aromatic N) is 2. The number of hydrogen-bond acceptors (Lipinski definition) is 6. The largest absolute Gasteiger partial charge is 0.497 e. The summed E-state index contributed by atoms with van der Waals surface area (Å²) in [7, 11) is 4.07. The Kier molecular flexibility index (Phi) is 4.77. The molecule has 7 heteroatoms. The summed E-state index contributed by atoms with van der Waals surface area (Å²) in [5.41, 5.74) is 1.03. The lowest BCUT2D eigenvalue weighted by atomic mass is 10.2. The number of methoxy groups -OCH3 is 3. The molecule has 2 rings (SSSR count). The number of ether oxygens (including phenoxy) is 3. The van der Waals surface area contributed by atoms with Gasteiger partial charge in [0.2, 0.25) is 0 Å². The Bertz CT molecular complexity index is 676. The van der Waals surface area contributed by atoms with E-state index in [1.165, 1.54) is 25.1 Å². The molecule has 22 heavy (non-hydrogen) atoms. The number of esters is 2. The van der Waals surface area contributed by atoms with Gasteiger partial charge in [-0.2, -0.15) is 5.10 Å². The molecule has 0 fully saturated rings. The molecule has 0 saturated carbocycles. The number of benzene rings is 1. The summed E-state index contributed by atoms with van der Waals surface area (Å²) >= 11 is 0. The van der Waals surface area contributed by atoms with E-state index in [2.05, 4.69) is 9.84 Å². The average Bonchev–Trinajstić information content (AvgIpc) is 2.97. The SMILES string of the molecule is COC(=O)c1cnn(Cc2ccc(OC)cc2)c1C(=O)OC. The van der Waals surface area contributed by atoms with Crippen molar-refractivity contribution in [1.82, 2.24) is 9.78 Å². The van der Waals surface area contributed by atoms with Gasteiger partial charge in [0.25, 0.3) is 0 Å². The monoisotopic (exact) mass is 304 g/mol. The van der Waals surface area contributed by atoms with Crippen molar-refractivity contribution >= 4 is 11.9 Å². The third-order valence-corrected chi connectivity index (χ3v) is 3.11. The van der Waals surface area contributed by atoms with Gasteiger partial charge < -0.3 is 14.2 Å². The molecule has 0 atom stereocenters. The molecule has 7 nitrogen and oxygen atoms in total. The molecule has 1 aromatic carbocycles. The lowest BCUT2D eigenvalue weighted by Gasteiger charge is -2.08. The van der Waals surface area contributed by atoms with E-state index in [0.717, 1.165) is 11.3 Å². The van der Waals surface area contributed by atoms with Crippen LogP contribution >= 0.6 is 0 Å². The second-order valence-electron chi connectivity index (χ2n) is 4.40. The normalized spacial score (nSPS) is 10.1. The fourth-order valence-electron chi connectivity index (χ4n) is 1.98. The van der Waals surface area contributed by atoms with E-state index in [1.54, 1.807) is 19.2 Å². The molecule has 0 N–H and O–H groups in total. The minimum atomic E-state index is -0.647. The minimum absolute atomic E-state index is 0.0603. The second-order valence-corrected chi connectivity index (χ2v) is 4.40. The van der Waals surface area contributed by atoms with Crippen molar-refractivity contribution in [3.05, 3.63) is 47.3 Å². The van der Waals surface area contributed by atoms with Crippen molar-refractivity contribution < 1.29 is 23.8 Å². The Morgan fingerprint density at radius 3 is 2.23 bits per heavy atom. The standard InChI is InChI=1S/C15H16N2O5/c1-20-11-6-4-10(5-7-11)9-17-13(15(19)22-3)12(8-16-17)14(18)21-2/h4-8H,9H2,1-3H3. The van der Waals surface area contributed by atoms with Gasteiger partial charge in [-0.25, -0.2) is 9.59 Å². The Hall–Kier alpha value is -2.83. The van der Waals surface area contributed by atoms with Gasteiger partial charge in [0, 0.05) is 0 Å². The molecule has 1 heterocycles. The smallest absolute Gasteiger partial charge is 0.357 e. The van der Waals surface area contributed by atoms with Crippen molar-refractivity contribution in [2.45, 2.75) is 6.54 Å². The second kappa shape index (κ2) is 6.75. The predicted molar refractivity (Wildman–Crippen MR) is 77.0 cm³/mol. The van der Waals surface area contributed by atoms with Crippen molar-refractivity contribution in [1.29, 1.82) is 0 Å². The zero-order chi connectivity index (χ0) is 16.1. The van der Waals surface area contributed by atoms with Crippen molar-refractivity contribution in [3.63, 3.8) is 0 Å². The molecule has 0 spiro atoms. The van der Waals surface area contributed by atoms with Gasteiger partial charge in [0.1, 0.15) is 11.3 Å². The van der Waals surface area contributed by atoms with E-state index in [-0.39, 0.29) is 11.3 Å². The summed E-state index contributed by atoms with van der Waals surface area (Å²) in [5.74, 6) is -0.555. The number of hydrogen-bond donors (Lipinski definition) is 0. The van der Waals surface area contributed by atoms with Crippen LogP contribution in [0.1, 0.15) is 26.4 Å². The highest BCUT2D eigenvalue weighted by Gasteiger charge is 2.24. The van der Waals surface area contributed by atoms with Crippen LogP contribution in [-0.2, 0) is 16.0 Å². The summed E-state index contributed by atoms with van der Waals surface area (Å²) in [4.78, 5) is 23.6. The van der Waals surface area contributed by atoms with Crippen LogP contribution in [0.15, 0.2) is 30.5 Å². The van der Waals surface area contributed by atoms with Gasteiger partial charge in [-0.15, -0.1) is 0 Å². The first kappa shape index (κ1) is 15.6. The third kappa shape index (κ3) is 3.08. The Labute approximate surface area is 127 Å². The topological polar surface area (TPSA) is 79.6 Å². The zero-order valence-electron chi connectivity index (χ0n) is 12.5. The van der Waals surface area contributed by atoms with Gasteiger partial charge in [0.05, 0.1) is 34.1 Å². The quantitative estimate of drug-likeness (QED) is 0.779. The van der Waals surface area contributed by atoms with Gasteiger partial charge >= 0.3 is 11.9 Å². The molecule has 0 aliphatic rings. The maximum absolute atomic E-state index is 11.9. The van der Waals surface area contributed by atoms with Crippen LogP contribution < -0.4 is 4.74 Å². The molecular formula is C15H16N2O5. The number of carbonyl (C=O) groups is 2. The predicted octanol–water partition coefficient (Wildman–Crippen LogP) is 1.51.